The number of aromatic nitrogens is 1. The van der Waals surface area contributed by atoms with Crippen LogP contribution in [0.2, 0.25) is 0 Å². The maximum absolute atomic E-state index is 11.0. The highest BCUT2D eigenvalue weighted by Crippen LogP contribution is 2.31. The molecule has 1 aromatic heterocycles. The summed E-state index contributed by atoms with van der Waals surface area (Å²) >= 11 is 0. The number of hydrogen-bond acceptors (Lipinski definition) is 4. The molecule has 1 unspecified atom stereocenters. The Bertz CT molecular complexity index is 411. The molecular weight excluding hydrogens is 218 g/mol. The Morgan fingerprint density at radius 3 is 2.76 bits per heavy atom. The number of ether oxygens (including phenoxy) is 2. The third-order valence-corrected chi connectivity index (χ3v) is 2.64. The SMILES string of the molecule is CC(=O)Cc1ccc(C2COC(C)(C)O2)nc1. The van der Waals surface area contributed by atoms with Gasteiger partial charge in [0, 0.05) is 12.6 Å². The molecule has 2 heterocycles. The number of hydrogen-bond donors (Lipinski definition) is 0. The first-order valence-corrected chi connectivity index (χ1v) is 5.72. The van der Waals surface area contributed by atoms with Gasteiger partial charge in [-0.2, -0.15) is 0 Å². The van der Waals surface area contributed by atoms with Crippen molar-refractivity contribution >= 4 is 5.78 Å². The van der Waals surface area contributed by atoms with Gasteiger partial charge in [0.25, 0.3) is 0 Å². The molecule has 1 aromatic rings. The van der Waals surface area contributed by atoms with Crippen molar-refractivity contribution in [2.45, 2.75) is 39.1 Å². The molecule has 0 bridgehead atoms. The van der Waals surface area contributed by atoms with Crippen LogP contribution in [0.1, 0.15) is 38.1 Å². The summed E-state index contributed by atoms with van der Waals surface area (Å²) in [6, 6.07) is 3.81. The zero-order valence-corrected chi connectivity index (χ0v) is 10.4. The number of ketones is 1. The Morgan fingerprint density at radius 2 is 2.29 bits per heavy atom. The second-order valence-electron chi connectivity index (χ2n) is 4.79. The van der Waals surface area contributed by atoms with E-state index in [9.17, 15) is 4.79 Å². The second-order valence-corrected chi connectivity index (χ2v) is 4.79. The van der Waals surface area contributed by atoms with Crippen molar-refractivity contribution in [3.8, 4) is 0 Å². The van der Waals surface area contributed by atoms with Gasteiger partial charge in [-0.15, -0.1) is 0 Å². The number of carbonyl (C=O) groups is 1. The average Bonchev–Trinajstić information content (AvgIpc) is 2.59. The normalized spacial score (nSPS) is 22.6. The Hall–Kier alpha value is -1.26. The molecule has 4 heteroatoms. The van der Waals surface area contributed by atoms with E-state index in [4.69, 9.17) is 9.47 Å². The Morgan fingerprint density at radius 1 is 1.53 bits per heavy atom. The largest absolute Gasteiger partial charge is 0.347 e. The summed E-state index contributed by atoms with van der Waals surface area (Å²) in [6.07, 6.45) is 2.04. The van der Waals surface area contributed by atoms with Crippen molar-refractivity contribution in [2.75, 3.05) is 6.61 Å². The van der Waals surface area contributed by atoms with Crippen molar-refractivity contribution in [1.29, 1.82) is 0 Å². The van der Waals surface area contributed by atoms with Crippen molar-refractivity contribution in [2.24, 2.45) is 0 Å². The van der Waals surface area contributed by atoms with Crippen LogP contribution in [0.15, 0.2) is 18.3 Å². The van der Waals surface area contributed by atoms with Crippen LogP contribution in [0, 0.1) is 0 Å². The van der Waals surface area contributed by atoms with Crippen LogP contribution in [0.4, 0.5) is 0 Å². The maximum atomic E-state index is 11.0. The van der Waals surface area contributed by atoms with Crippen LogP contribution < -0.4 is 0 Å². The van der Waals surface area contributed by atoms with Crippen LogP contribution in [0.3, 0.4) is 0 Å². The fourth-order valence-corrected chi connectivity index (χ4v) is 1.85. The van der Waals surface area contributed by atoms with Crippen LogP contribution >= 0.6 is 0 Å². The first kappa shape index (κ1) is 12.2. The van der Waals surface area contributed by atoms with E-state index in [0.29, 0.717) is 13.0 Å². The third-order valence-electron chi connectivity index (χ3n) is 2.64. The fourth-order valence-electron chi connectivity index (χ4n) is 1.85. The molecule has 2 rings (SSSR count). The smallest absolute Gasteiger partial charge is 0.163 e. The summed E-state index contributed by atoms with van der Waals surface area (Å²) in [4.78, 5) is 15.3. The molecule has 0 saturated carbocycles. The standard InChI is InChI=1S/C13H17NO3/c1-9(15)6-10-4-5-11(14-7-10)12-8-16-13(2,3)17-12/h4-5,7,12H,6,8H2,1-3H3. The van der Waals surface area contributed by atoms with E-state index in [-0.39, 0.29) is 11.9 Å². The van der Waals surface area contributed by atoms with Gasteiger partial charge in [-0.1, -0.05) is 6.07 Å². The lowest BCUT2D eigenvalue weighted by Gasteiger charge is -2.16. The zero-order chi connectivity index (χ0) is 12.5. The highest BCUT2D eigenvalue weighted by atomic mass is 16.7. The molecule has 1 aliphatic rings. The first-order chi connectivity index (χ1) is 7.96. The molecule has 1 fully saturated rings. The van der Waals surface area contributed by atoms with Crippen LogP contribution in [0.25, 0.3) is 0 Å². The van der Waals surface area contributed by atoms with E-state index in [2.05, 4.69) is 4.98 Å². The molecule has 17 heavy (non-hydrogen) atoms. The minimum atomic E-state index is -0.537. The molecule has 1 saturated heterocycles. The summed E-state index contributed by atoms with van der Waals surface area (Å²) in [5.41, 5.74) is 1.78. The molecular formula is C13H17NO3. The van der Waals surface area contributed by atoms with E-state index in [1.165, 1.54) is 0 Å². The van der Waals surface area contributed by atoms with Gasteiger partial charge in [0.1, 0.15) is 11.9 Å². The molecule has 0 spiro atoms. The monoisotopic (exact) mass is 235 g/mol. The Labute approximate surface area is 101 Å². The van der Waals surface area contributed by atoms with Gasteiger partial charge < -0.3 is 9.47 Å². The first-order valence-electron chi connectivity index (χ1n) is 5.72. The van der Waals surface area contributed by atoms with Crippen molar-refractivity contribution in [3.63, 3.8) is 0 Å². The molecule has 0 aliphatic carbocycles. The Kier molecular flexibility index (Phi) is 3.26. The second kappa shape index (κ2) is 4.55. The molecule has 92 valence electrons. The van der Waals surface area contributed by atoms with Gasteiger partial charge in [-0.3, -0.25) is 9.78 Å². The number of rotatable bonds is 3. The third kappa shape index (κ3) is 3.11. The van der Waals surface area contributed by atoms with Gasteiger partial charge in [0.2, 0.25) is 0 Å². The predicted octanol–water partition coefficient (Wildman–Crippen LogP) is 2.04. The van der Waals surface area contributed by atoms with Crippen molar-refractivity contribution in [3.05, 3.63) is 29.6 Å². The van der Waals surface area contributed by atoms with E-state index in [1.807, 2.05) is 26.0 Å². The van der Waals surface area contributed by atoms with Gasteiger partial charge >= 0.3 is 0 Å². The Balaban J connectivity index is 2.06. The highest BCUT2D eigenvalue weighted by Gasteiger charge is 2.34. The van der Waals surface area contributed by atoms with Gasteiger partial charge in [0.15, 0.2) is 5.79 Å². The molecule has 1 aliphatic heterocycles. The predicted molar refractivity (Wildman–Crippen MR) is 62.5 cm³/mol. The molecule has 4 nitrogen and oxygen atoms in total. The number of pyridine rings is 1. The zero-order valence-electron chi connectivity index (χ0n) is 10.4. The lowest BCUT2D eigenvalue weighted by Crippen LogP contribution is -2.19. The minimum absolute atomic E-state index is 0.114. The van der Waals surface area contributed by atoms with E-state index < -0.39 is 5.79 Å². The van der Waals surface area contributed by atoms with Crippen molar-refractivity contribution < 1.29 is 14.3 Å². The highest BCUT2D eigenvalue weighted by molar-refractivity contribution is 5.78. The number of carbonyl (C=O) groups excluding carboxylic acids is 1. The van der Waals surface area contributed by atoms with Crippen molar-refractivity contribution in [1.82, 2.24) is 4.98 Å². The molecule has 0 amide bonds. The van der Waals surface area contributed by atoms with E-state index in [1.54, 1.807) is 13.1 Å². The summed E-state index contributed by atoms with van der Waals surface area (Å²) in [7, 11) is 0. The fraction of sp³-hybridized carbons (Fsp3) is 0.538. The quantitative estimate of drug-likeness (QED) is 0.804. The summed E-state index contributed by atoms with van der Waals surface area (Å²) in [5, 5.41) is 0. The molecule has 0 aromatic carbocycles. The van der Waals surface area contributed by atoms with Crippen LogP contribution in [-0.2, 0) is 20.7 Å². The minimum Gasteiger partial charge on any atom is -0.347 e. The summed E-state index contributed by atoms with van der Waals surface area (Å²) in [6.45, 7) is 5.87. The lowest BCUT2D eigenvalue weighted by atomic mass is 10.1. The summed E-state index contributed by atoms with van der Waals surface area (Å²) in [5.74, 6) is -0.397. The molecule has 0 N–H and O–H groups in total. The molecule has 1 atom stereocenters. The van der Waals surface area contributed by atoms with Crippen LogP contribution in [0.5, 0.6) is 0 Å². The maximum Gasteiger partial charge on any atom is 0.163 e. The van der Waals surface area contributed by atoms with Crippen LogP contribution in [-0.4, -0.2) is 23.2 Å². The summed E-state index contributed by atoms with van der Waals surface area (Å²) < 4.78 is 11.2. The topological polar surface area (TPSA) is 48.4 Å². The van der Waals surface area contributed by atoms with Gasteiger partial charge in [-0.05, 0) is 32.4 Å². The number of Topliss-reactive ketones (excluding diaryl/α,β-unsaturated/α-hetero) is 1. The van der Waals surface area contributed by atoms with E-state index in [0.717, 1.165) is 11.3 Å². The van der Waals surface area contributed by atoms with Gasteiger partial charge in [-0.25, -0.2) is 0 Å². The van der Waals surface area contributed by atoms with Gasteiger partial charge in [0.05, 0.1) is 12.3 Å². The van der Waals surface area contributed by atoms with E-state index >= 15 is 0 Å². The number of nitrogens with zero attached hydrogens (tertiary/aromatic N) is 1. The average molecular weight is 235 g/mol. The lowest BCUT2D eigenvalue weighted by molar-refractivity contribution is -0.139. The molecule has 0 radical (unpaired) electrons.